The zero-order valence-corrected chi connectivity index (χ0v) is 14.7. The van der Waals surface area contributed by atoms with Gasteiger partial charge < -0.3 is 15.0 Å². The minimum Gasteiger partial charge on any atom is -0.379 e. The van der Waals surface area contributed by atoms with Crippen LogP contribution in [-0.2, 0) is 9.53 Å². The smallest absolute Gasteiger partial charge is 0.251 e. The maximum atomic E-state index is 12.0. The second kappa shape index (κ2) is 9.61. The van der Waals surface area contributed by atoms with Crippen molar-refractivity contribution in [1.82, 2.24) is 15.1 Å². The summed E-state index contributed by atoms with van der Waals surface area (Å²) in [5, 5.41) is 3.43. The molecule has 0 bridgehead atoms. The Kier molecular flexibility index (Phi) is 7.49. The van der Waals surface area contributed by atoms with Crippen molar-refractivity contribution in [2.45, 2.75) is 6.92 Å². The topological polar surface area (TPSA) is 61.9 Å². The van der Waals surface area contributed by atoms with E-state index >= 15 is 0 Å². The molecule has 2 amide bonds. The zero-order chi connectivity index (χ0) is 17.4. The molecule has 0 aliphatic carbocycles. The molecular weight excluding hydrogens is 330 g/mol. The van der Waals surface area contributed by atoms with Crippen LogP contribution >= 0.6 is 11.6 Å². The maximum absolute atomic E-state index is 12.0. The predicted molar refractivity (Wildman–Crippen MR) is 93.3 cm³/mol. The molecule has 1 heterocycles. The standard InChI is InChI=1S/C17H24ClN3O3/c1-14(22)21(9-8-20-10-12-24-13-11-20)7-6-19-17(23)15-2-4-16(18)5-3-15/h2-5H,6-13H2,1H3,(H,19,23). The van der Waals surface area contributed by atoms with Gasteiger partial charge in [0.1, 0.15) is 0 Å². The average Bonchev–Trinajstić information content (AvgIpc) is 2.59. The van der Waals surface area contributed by atoms with E-state index in [1.165, 1.54) is 0 Å². The third-order valence-corrected chi connectivity index (χ3v) is 4.26. The molecular formula is C17H24ClN3O3. The van der Waals surface area contributed by atoms with Gasteiger partial charge in [0.15, 0.2) is 0 Å². The van der Waals surface area contributed by atoms with Crippen molar-refractivity contribution < 1.29 is 14.3 Å². The summed E-state index contributed by atoms with van der Waals surface area (Å²) >= 11 is 5.81. The Morgan fingerprint density at radius 1 is 1.21 bits per heavy atom. The highest BCUT2D eigenvalue weighted by atomic mass is 35.5. The number of halogens is 1. The number of ether oxygens (including phenoxy) is 1. The fourth-order valence-corrected chi connectivity index (χ4v) is 2.65. The van der Waals surface area contributed by atoms with Crippen molar-refractivity contribution in [3.8, 4) is 0 Å². The number of amides is 2. The van der Waals surface area contributed by atoms with Crippen LogP contribution < -0.4 is 5.32 Å². The Morgan fingerprint density at radius 2 is 1.88 bits per heavy atom. The highest BCUT2D eigenvalue weighted by Crippen LogP contribution is 2.09. The van der Waals surface area contributed by atoms with Gasteiger partial charge in [-0.05, 0) is 24.3 Å². The number of rotatable bonds is 7. The van der Waals surface area contributed by atoms with Gasteiger partial charge in [0.25, 0.3) is 5.91 Å². The SMILES string of the molecule is CC(=O)N(CCNC(=O)c1ccc(Cl)cc1)CCN1CCOCC1. The van der Waals surface area contributed by atoms with E-state index in [9.17, 15) is 9.59 Å². The molecule has 0 saturated carbocycles. The Labute approximate surface area is 147 Å². The van der Waals surface area contributed by atoms with Crippen LogP contribution in [0.4, 0.5) is 0 Å². The Balaban J connectivity index is 1.73. The van der Waals surface area contributed by atoms with E-state index in [2.05, 4.69) is 10.2 Å². The molecule has 1 aromatic rings. The van der Waals surface area contributed by atoms with Crippen molar-refractivity contribution in [3.63, 3.8) is 0 Å². The number of carbonyl (C=O) groups excluding carboxylic acids is 2. The number of nitrogens with zero attached hydrogens (tertiary/aromatic N) is 2. The zero-order valence-electron chi connectivity index (χ0n) is 14.0. The minimum absolute atomic E-state index is 0.0176. The van der Waals surface area contributed by atoms with Crippen LogP contribution in [0.15, 0.2) is 24.3 Å². The first kappa shape index (κ1) is 18.7. The molecule has 1 N–H and O–H groups in total. The number of nitrogens with one attached hydrogen (secondary N) is 1. The lowest BCUT2D eigenvalue weighted by molar-refractivity contribution is -0.129. The summed E-state index contributed by atoms with van der Waals surface area (Å²) in [5.74, 6) is -0.146. The van der Waals surface area contributed by atoms with Gasteiger partial charge in [-0.1, -0.05) is 11.6 Å². The summed E-state index contributed by atoms with van der Waals surface area (Å²) in [7, 11) is 0. The van der Waals surface area contributed by atoms with Crippen LogP contribution in [0.1, 0.15) is 17.3 Å². The molecule has 0 unspecified atom stereocenters. The predicted octanol–water partition coefficient (Wildman–Crippen LogP) is 1.25. The van der Waals surface area contributed by atoms with Crippen molar-refractivity contribution in [3.05, 3.63) is 34.9 Å². The van der Waals surface area contributed by atoms with Crippen molar-refractivity contribution in [2.75, 3.05) is 52.5 Å². The summed E-state index contributed by atoms with van der Waals surface area (Å²) in [6, 6.07) is 6.72. The van der Waals surface area contributed by atoms with Crippen LogP contribution in [0.2, 0.25) is 5.02 Å². The maximum Gasteiger partial charge on any atom is 0.251 e. The van der Waals surface area contributed by atoms with Crippen LogP contribution in [0.25, 0.3) is 0 Å². The molecule has 0 aromatic heterocycles. The van der Waals surface area contributed by atoms with E-state index in [1.807, 2.05) is 0 Å². The van der Waals surface area contributed by atoms with Crippen molar-refractivity contribution in [2.24, 2.45) is 0 Å². The summed E-state index contributed by atoms with van der Waals surface area (Å²) in [6.07, 6.45) is 0. The highest BCUT2D eigenvalue weighted by molar-refractivity contribution is 6.30. The molecule has 6 nitrogen and oxygen atoms in total. The lowest BCUT2D eigenvalue weighted by Gasteiger charge is -2.29. The Hall–Kier alpha value is -1.63. The number of morpholine rings is 1. The fourth-order valence-electron chi connectivity index (χ4n) is 2.52. The summed E-state index contributed by atoms with van der Waals surface area (Å²) < 4.78 is 5.32. The van der Waals surface area contributed by atoms with Gasteiger partial charge in [-0.3, -0.25) is 14.5 Å². The van der Waals surface area contributed by atoms with Crippen LogP contribution in [0.3, 0.4) is 0 Å². The number of carbonyl (C=O) groups is 2. The third kappa shape index (κ3) is 6.11. The van der Waals surface area contributed by atoms with E-state index < -0.39 is 0 Å². The fraction of sp³-hybridized carbons (Fsp3) is 0.529. The van der Waals surface area contributed by atoms with Crippen LogP contribution in [0.5, 0.6) is 0 Å². The summed E-state index contributed by atoms with van der Waals surface area (Å²) in [5.41, 5.74) is 0.557. The van der Waals surface area contributed by atoms with Gasteiger partial charge in [-0.25, -0.2) is 0 Å². The molecule has 0 radical (unpaired) electrons. The third-order valence-electron chi connectivity index (χ3n) is 4.01. The molecule has 0 spiro atoms. The summed E-state index contributed by atoms with van der Waals surface area (Å²) in [4.78, 5) is 27.8. The Morgan fingerprint density at radius 3 is 2.50 bits per heavy atom. The lowest BCUT2D eigenvalue weighted by atomic mass is 10.2. The molecule has 2 rings (SSSR count). The van der Waals surface area contributed by atoms with Gasteiger partial charge in [-0.15, -0.1) is 0 Å². The molecule has 0 atom stereocenters. The molecule has 1 aliphatic rings. The first-order chi connectivity index (χ1) is 11.6. The van der Waals surface area contributed by atoms with E-state index in [-0.39, 0.29) is 11.8 Å². The molecule has 1 aromatic carbocycles. The van der Waals surface area contributed by atoms with E-state index in [0.29, 0.717) is 30.2 Å². The van der Waals surface area contributed by atoms with Crippen LogP contribution in [0, 0.1) is 0 Å². The van der Waals surface area contributed by atoms with Gasteiger partial charge in [0.2, 0.25) is 5.91 Å². The first-order valence-corrected chi connectivity index (χ1v) is 8.53. The number of hydrogen-bond donors (Lipinski definition) is 1. The Bertz CT molecular complexity index is 545. The number of hydrogen-bond acceptors (Lipinski definition) is 4. The average molecular weight is 354 g/mol. The largest absolute Gasteiger partial charge is 0.379 e. The molecule has 1 aliphatic heterocycles. The highest BCUT2D eigenvalue weighted by Gasteiger charge is 2.14. The quantitative estimate of drug-likeness (QED) is 0.801. The monoisotopic (exact) mass is 353 g/mol. The van der Waals surface area contributed by atoms with Crippen molar-refractivity contribution in [1.29, 1.82) is 0 Å². The first-order valence-electron chi connectivity index (χ1n) is 8.15. The molecule has 1 saturated heterocycles. The second-order valence-electron chi connectivity index (χ2n) is 5.72. The van der Waals surface area contributed by atoms with E-state index in [1.54, 1.807) is 36.1 Å². The van der Waals surface area contributed by atoms with Gasteiger partial charge in [0.05, 0.1) is 13.2 Å². The molecule has 7 heteroatoms. The summed E-state index contributed by atoms with van der Waals surface area (Å²) in [6.45, 7) is 7.26. The molecule has 132 valence electrons. The van der Waals surface area contributed by atoms with Gasteiger partial charge in [0, 0.05) is 56.8 Å². The lowest BCUT2D eigenvalue weighted by Crippen LogP contribution is -2.44. The normalized spacial score (nSPS) is 15.1. The molecule has 1 fully saturated rings. The van der Waals surface area contributed by atoms with E-state index in [4.69, 9.17) is 16.3 Å². The van der Waals surface area contributed by atoms with Gasteiger partial charge >= 0.3 is 0 Å². The van der Waals surface area contributed by atoms with E-state index in [0.717, 1.165) is 32.8 Å². The minimum atomic E-state index is -0.164. The van der Waals surface area contributed by atoms with Crippen LogP contribution in [-0.4, -0.2) is 74.1 Å². The molecule has 24 heavy (non-hydrogen) atoms. The van der Waals surface area contributed by atoms with Crippen molar-refractivity contribution >= 4 is 23.4 Å². The number of benzene rings is 1. The van der Waals surface area contributed by atoms with Gasteiger partial charge in [-0.2, -0.15) is 0 Å². The second-order valence-corrected chi connectivity index (χ2v) is 6.16.